The van der Waals surface area contributed by atoms with Crippen LogP contribution in [0.15, 0.2) is 36.4 Å². The molecule has 2 rings (SSSR count). The van der Waals surface area contributed by atoms with Crippen molar-refractivity contribution in [3.8, 4) is 17.2 Å². The lowest BCUT2D eigenvalue weighted by atomic mass is 10.2. The van der Waals surface area contributed by atoms with E-state index in [0.717, 1.165) is 11.6 Å². The normalized spacial score (nSPS) is 11.1. The standard InChI is InChI=1S/C19H23O8P/c1-5-26-19(21)14-10-16(20)18(28(22,24-3)25-4)17(11-14)27-12-13-6-8-15(23-2)9-7-13/h6-11,20H,5,12H2,1-4H3. The van der Waals surface area contributed by atoms with Crippen molar-refractivity contribution in [1.82, 2.24) is 0 Å². The van der Waals surface area contributed by atoms with Gasteiger partial charge in [0.15, 0.2) is 0 Å². The summed E-state index contributed by atoms with van der Waals surface area (Å²) in [6.45, 7) is 1.91. The highest BCUT2D eigenvalue weighted by molar-refractivity contribution is 7.62. The fourth-order valence-corrected chi connectivity index (χ4v) is 3.71. The van der Waals surface area contributed by atoms with Crippen LogP contribution in [0.3, 0.4) is 0 Å². The van der Waals surface area contributed by atoms with Gasteiger partial charge in [-0.15, -0.1) is 0 Å². The van der Waals surface area contributed by atoms with Gasteiger partial charge in [0.2, 0.25) is 0 Å². The zero-order chi connectivity index (χ0) is 20.7. The van der Waals surface area contributed by atoms with Gasteiger partial charge in [0.1, 0.15) is 29.2 Å². The fraction of sp³-hybridized carbons (Fsp3) is 0.316. The highest BCUT2D eigenvalue weighted by Crippen LogP contribution is 2.50. The molecule has 152 valence electrons. The smallest absolute Gasteiger partial charge is 0.368 e. The zero-order valence-electron chi connectivity index (χ0n) is 16.1. The minimum Gasteiger partial charge on any atom is -0.507 e. The summed E-state index contributed by atoms with van der Waals surface area (Å²) in [4.78, 5) is 12.1. The first-order chi connectivity index (χ1) is 13.4. The van der Waals surface area contributed by atoms with Crippen LogP contribution in [0.25, 0.3) is 0 Å². The number of ether oxygens (including phenoxy) is 3. The molecule has 1 N–H and O–H groups in total. The Balaban J connectivity index is 2.44. The summed E-state index contributed by atoms with van der Waals surface area (Å²) in [5.74, 6) is -0.425. The van der Waals surface area contributed by atoms with Crippen molar-refractivity contribution in [2.75, 3.05) is 27.9 Å². The number of hydrogen-bond acceptors (Lipinski definition) is 8. The molecule has 28 heavy (non-hydrogen) atoms. The van der Waals surface area contributed by atoms with Crippen LogP contribution in [0.1, 0.15) is 22.8 Å². The van der Waals surface area contributed by atoms with Crippen molar-refractivity contribution in [3.05, 3.63) is 47.5 Å². The van der Waals surface area contributed by atoms with Crippen LogP contribution in [-0.4, -0.2) is 39.0 Å². The molecule has 0 aromatic heterocycles. The number of benzene rings is 2. The average Bonchev–Trinajstić information content (AvgIpc) is 2.71. The third-order valence-electron chi connectivity index (χ3n) is 3.87. The van der Waals surface area contributed by atoms with Gasteiger partial charge in [-0.2, -0.15) is 0 Å². The van der Waals surface area contributed by atoms with Gasteiger partial charge in [-0.25, -0.2) is 4.79 Å². The Bertz CT molecular complexity index is 855. The van der Waals surface area contributed by atoms with Gasteiger partial charge < -0.3 is 28.4 Å². The molecule has 0 saturated heterocycles. The van der Waals surface area contributed by atoms with Gasteiger partial charge in [0.25, 0.3) is 0 Å². The second-order valence-electron chi connectivity index (χ2n) is 5.56. The van der Waals surface area contributed by atoms with Gasteiger partial charge >= 0.3 is 13.6 Å². The summed E-state index contributed by atoms with van der Waals surface area (Å²) < 4.78 is 38.7. The second-order valence-corrected chi connectivity index (χ2v) is 7.73. The van der Waals surface area contributed by atoms with Crippen LogP contribution in [0.2, 0.25) is 0 Å². The second kappa shape index (κ2) is 9.59. The average molecular weight is 410 g/mol. The van der Waals surface area contributed by atoms with Crippen LogP contribution >= 0.6 is 7.60 Å². The number of phenols is 1. The molecule has 2 aromatic rings. The predicted molar refractivity (Wildman–Crippen MR) is 103 cm³/mol. The Kier molecular flexibility index (Phi) is 7.45. The number of hydrogen-bond donors (Lipinski definition) is 1. The van der Waals surface area contributed by atoms with E-state index in [1.807, 2.05) is 0 Å². The van der Waals surface area contributed by atoms with Gasteiger partial charge in [-0.3, -0.25) is 4.57 Å². The van der Waals surface area contributed by atoms with Crippen LogP contribution in [0, 0.1) is 0 Å². The number of phenolic OH excluding ortho intramolecular Hbond substituents is 1. The molecular weight excluding hydrogens is 387 g/mol. The van der Waals surface area contributed by atoms with E-state index in [-0.39, 0.29) is 29.8 Å². The SMILES string of the molecule is CCOC(=O)c1cc(O)c(P(=O)(OC)OC)c(OCc2ccc(OC)cc2)c1. The lowest BCUT2D eigenvalue weighted by molar-refractivity contribution is 0.0525. The Labute approximate surface area is 163 Å². The van der Waals surface area contributed by atoms with Crippen molar-refractivity contribution in [1.29, 1.82) is 0 Å². The maximum Gasteiger partial charge on any atom is 0.368 e. The van der Waals surface area contributed by atoms with Crippen molar-refractivity contribution < 1.29 is 37.7 Å². The molecule has 8 nitrogen and oxygen atoms in total. The number of aromatic hydroxyl groups is 1. The third-order valence-corrected chi connectivity index (χ3v) is 5.83. The molecule has 0 heterocycles. The van der Waals surface area contributed by atoms with E-state index in [2.05, 4.69) is 0 Å². The molecule has 0 fully saturated rings. The van der Waals surface area contributed by atoms with E-state index >= 15 is 0 Å². The lowest BCUT2D eigenvalue weighted by Gasteiger charge is -2.20. The first-order valence-electron chi connectivity index (χ1n) is 8.40. The Morgan fingerprint density at radius 1 is 1.07 bits per heavy atom. The highest BCUT2D eigenvalue weighted by atomic mass is 31.2. The minimum atomic E-state index is -3.86. The van der Waals surface area contributed by atoms with Gasteiger partial charge in [-0.05, 0) is 36.8 Å². The molecule has 0 bridgehead atoms. The largest absolute Gasteiger partial charge is 0.507 e. The van der Waals surface area contributed by atoms with E-state index in [1.54, 1.807) is 38.3 Å². The van der Waals surface area contributed by atoms with Gasteiger partial charge in [0, 0.05) is 14.2 Å². The van der Waals surface area contributed by atoms with Crippen molar-refractivity contribution in [2.45, 2.75) is 13.5 Å². The van der Waals surface area contributed by atoms with E-state index < -0.39 is 19.3 Å². The summed E-state index contributed by atoms with van der Waals surface area (Å²) in [5, 5.41) is 10.2. The molecular formula is C19H23O8P. The van der Waals surface area contributed by atoms with E-state index in [9.17, 15) is 14.5 Å². The summed E-state index contributed by atoms with van der Waals surface area (Å²) >= 11 is 0. The first kappa shape index (κ1) is 21.8. The van der Waals surface area contributed by atoms with Crippen molar-refractivity contribution >= 4 is 18.9 Å². The molecule has 0 unspecified atom stereocenters. The fourth-order valence-electron chi connectivity index (χ4n) is 2.45. The van der Waals surface area contributed by atoms with E-state index in [0.29, 0.717) is 5.75 Å². The summed E-state index contributed by atoms with van der Waals surface area (Å²) in [6.07, 6.45) is 0. The number of esters is 1. The molecule has 0 atom stereocenters. The molecule has 0 spiro atoms. The number of rotatable bonds is 9. The van der Waals surface area contributed by atoms with Gasteiger partial charge in [0.05, 0.1) is 19.3 Å². The summed E-state index contributed by atoms with van der Waals surface area (Å²) in [7, 11) is 0.0901. The Morgan fingerprint density at radius 2 is 1.71 bits per heavy atom. The molecule has 2 aromatic carbocycles. The molecule has 0 aliphatic heterocycles. The number of carbonyl (C=O) groups is 1. The predicted octanol–water partition coefficient (Wildman–Crippen LogP) is 3.27. The monoisotopic (exact) mass is 410 g/mol. The summed E-state index contributed by atoms with van der Waals surface area (Å²) in [6, 6.07) is 9.59. The third kappa shape index (κ3) is 4.84. The topological polar surface area (TPSA) is 101 Å². The molecule has 0 saturated carbocycles. The first-order valence-corrected chi connectivity index (χ1v) is 9.94. The molecule has 0 aliphatic carbocycles. The Hall–Kier alpha value is -2.54. The van der Waals surface area contributed by atoms with Crippen LogP contribution in [-0.2, 0) is 25.0 Å². The summed E-state index contributed by atoms with van der Waals surface area (Å²) in [5.41, 5.74) is 0.837. The molecule has 0 aliphatic rings. The highest BCUT2D eigenvalue weighted by Gasteiger charge is 2.34. The maximum atomic E-state index is 12.9. The van der Waals surface area contributed by atoms with Crippen molar-refractivity contribution in [3.63, 3.8) is 0 Å². The van der Waals surface area contributed by atoms with Crippen LogP contribution in [0.5, 0.6) is 17.2 Å². The molecule has 0 amide bonds. The minimum absolute atomic E-state index is 0.00842. The van der Waals surface area contributed by atoms with Gasteiger partial charge in [-0.1, -0.05) is 12.1 Å². The Morgan fingerprint density at radius 3 is 2.25 bits per heavy atom. The maximum absolute atomic E-state index is 12.9. The quantitative estimate of drug-likeness (QED) is 0.497. The van der Waals surface area contributed by atoms with Crippen LogP contribution in [0.4, 0.5) is 0 Å². The molecule has 0 radical (unpaired) electrons. The van der Waals surface area contributed by atoms with Crippen molar-refractivity contribution in [2.24, 2.45) is 0 Å². The number of carbonyl (C=O) groups excluding carboxylic acids is 1. The zero-order valence-corrected chi connectivity index (χ0v) is 17.0. The van der Waals surface area contributed by atoms with Crippen LogP contribution < -0.4 is 14.8 Å². The number of methoxy groups -OCH3 is 1. The van der Waals surface area contributed by atoms with E-state index in [4.69, 9.17) is 23.3 Å². The lowest BCUT2D eigenvalue weighted by Crippen LogP contribution is -2.16. The molecule has 9 heteroatoms. The van der Waals surface area contributed by atoms with E-state index in [1.165, 1.54) is 20.3 Å².